The van der Waals surface area contributed by atoms with E-state index < -0.39 is 17.7 Å². The first kappa shape index (κ1) is 26.8. The molecule has 1 heterocycles. The zero-order chi connectivity index (χ0) is 27.2. The van der Waals surface area contributed by atoms with Gasteiger partial charge in [-0.1, -0.05) is 32.0 Å². The summed E-state index contributed by atoms with van der Waals surface area (Å²) in [7, 11) is 0. The zero-order valence-electron chi connectivity index (χ0n) is 22.1. The molecule has 1 amide bonds. The lowest BCUT2D eigenvalue weighted by atomic mass is 9.95. The van der Waals surface area contributed by atoms with E-state index in [-0.39, 0.29) is 11.3 Å². The summed E-state index contributed by atoms with van der Waals surface area (Å²) in [6.45, 7) is 9.43. The smallest absolute Gasteiger partial charge is 0.300 e. The van der Waals surface area contributed by atoms with E-state index >= 15 is 0 Å². The van der Waals surface area contributed by atoms with Crippen LogP contribution in [-0.4, -0.2) is 36.6 Å². The maximum Gasteiger partial charge on any atom is 0.300 e. The number of amides is 1. The van der Waals surface area contributed by atoms with E-state index in [0.717, 1.165) is 0 Å². The number of ether oxygens (including phenoxy) is 3. The molecule has 0 radical (unpaired) electrons. The van der Waals surface area contributed by atoms with Crippen LogP contribution < -0.4 is 19.1 Å². The van der Waals surface area contributed by atoms with E-state index in [1.54, 1.807) is 72.8 Å². The highest BCUT2D eigenvalue weighted by Crippen LogP contribution is 2.43. The second-order valence-corrected chi connectivity index (χ2v) is 9.33. The summed E-state index contributed by atoms with van der Waals surface area (Å²) in [5.41, 5.74) is 1.58. The molecule has 3 aromatic carbocycles. The molecule has 3 aromatic rings. The first-order chi connectivity index (χ1) is 18.3. The number of aliphatic hydroxyl groups excluding tert-OH is 1. The molecule has 38 heavy (non-hydrogen) atoms. The summed E-state index contributed by atoms with van der Waals surface area (Å²) in [6, 6.07) is 20.2. The van der Waals surface area contributed by atoms with E-state index in [9.17, 15) is 14.7 Å². The number of rotatable bonds is 10. The second-order valence-electron chi connectivity index (χ2n) is 9.33. The van der Waals surface area contributed by atoms with Crippen LogP contribution in [0, 0.1) is 5.92 Å². The van der Waals surface area contributed by atoms with Crippen molar-refractivity contribution in [3.05, 3.63) is 89.5 Å². The summed E-state index contributed by atoms with van der Waals surface area (Å²) in [5.74, 6) is 0.541. The summed E-state index contributed by atoms with van der Waals surface area (Å²) in [5, 5.41) is 11.4. The van der Waals surface area contributed by atoms with Gasteiger partial charge in [-0.15, -0.1) is 0 Å². The van der Waals surface area contributed by atoms with Gasteiger partial charge in [0.05, 0.1) is 31.4 Å². The molecule has 0 bridgehead atoms. The van der Waals surface area contributed by atoms with Crippen LogP contribution in [0.3, 0.4) is 0 Å². The first-order valence-electron chi connectivity index (χ1n) is 12.8. The molecule has 1 fully saturated rings. The Morgan fingerprint density at radius 3 is 2.08 bits per heavy atom. The fraction of sp³-hybridized carbons (Fsp3) is 0.290. The Labute approximate surface area is 223 Å². The third kappa shape index (κ3) is 5.67. The lowest BCUT2D eigenvalue weighted by Gasteiger charge is -2.26. The zero-order valence-corrected chi connectivity index (χ0v) is 22.1. The van der Waals surface area contributed by atoms with Crippen molar-refractivity contribution in [1.29, 1.82) is 0 Å². The number of anilines is 1. The molecular formula is C31H33NO6. The lowest BCUT2D eigenvalue weighted by Crippen LogP contribution is -2.29. The monoisotopic (exact) mass is 515 g/mol. The number of hydrogen-bond acceptors (Lipinski definition) is 6. The number of Topliss-reactive ketones (excluding diaryl/α,β-unsaturated/α-hetero) is 1. The first-order valence-corrected chi connectivity index (χ1v) is 12.8. The molecule has 0 aliphatic carbocycles. The molecule has 7 nitrogen and oxygen atoms in total. The molecule has 1 unspecified atom stereocenters. The predicted molar refractivity (Wildman–Crippen MR) is 147 cm³/mol. The normalized spacial score (nSPS) is 16.7. The molecular weight excluding hydrogens is 482 g/mol. The number of benzene rings is 3. The topological polar surface area (TPSA) is 85.3 Å². The van der Waals surface area contributed by atoms with Gasteiger partial charge >= 0.3 is 0 Å². The van der Waals surface area contributed by atoms with Crippen LogP contribution >= 0.6 is 0 Å². The molecule has 1 N–H and O–H groups in total. The van der Waals surface area contributed by atoms with Gasteiger partial charge in [-0.05, 0) is 73.9 Å². The maximum absolute atomic E-state index is 13.4. The minimum atomic E-state index is -0.848. The average molecular weight is 516 g/mol. The number of hydrogen-bond donors (Lipinski definition) is 1. The van der Waals surface area contributed by atoms with Gasteiger partial charge in [-0.25, -0.2) is 0 Å². The third-order valence-corrected chi connectivity index (χ3v) is 6.07. The van der Waals surface area contributed by atoms with Crippen molar-refractivity contribution in [2.24, 2.45) is 5.92 Å². The minimum absolute atomic E-state index is 0.0109. The van der Waals surface area contributed by atoms with Crippen molar-refractivity contribution >= 4 is 23.1 Å². The minimum Gasteiger partial charge on any atom is -0.507 e. The Hall–Kier alpha value is -4.26. The van der Waals surface area contributed by atoms with Gasteiger partial charge in [0, 0.05) is 17.3 Å². The molecule has 198 valence electrons. The molecule has 1 aliphatic heterocycles. The number of carbonyl (C=O) groups is 2. The largest absolute Gasteiger partial charge is 0.507 e. The summed E-state index contributed by atoms with van der Waals surface area (Å²) < 4.78 is 16.9. The Morgan fingerprint density at radius 1 is 0.842 bits per heavy atom. The molecule has 1 atom stereocenters. The molecule has 1 aliphatic rings. The fourth-order valence-electron chi connectivity index (χ4n) is 4.34. The van der Waals surface area contributed by atoms with Crippen LogP contribution in [-0.2, 0) is 9.59 Å². The Balaban J connectivity index is 1.81. The Bertz CT molecular complexity index is 1310. The predicted octanol–water partition coefficient (Wildman–Crippen LogP) is 6.15. The van der Waals surface area contributed by atoms with E-state index in [1.807, 2.05) is 13.8 Å². The van der Waals surface area contributed by atoms with Gasteiger partial charge in [-0.3, -0.25) is 14.5 Å². The highest BCUT2D eigenvalue weighted by atomic mass is 16.5. The van der Waals surface area contributed by atoms with E-state index in [1.165, 1.54) is 4.90 Å². The molecule has 0 aromatic heterocycles. The van der Waals surface area contributed by atoms with Crippen molar-refractivity contribution in [3.63, 3.8) is 0 Å². The van der Waals surface area contributed by atoms with Crippen molar-refractivity contribution < 1.29 is 28.9 Å². The Morgan fingerprint density at radius 2 is 1.45 bits per heavy atom. The van der Waals surface area contributed by atoms with Crippen LogP contribution in [0.2, 0.25) is 0 Å². The van der Waals surface area contributed by atoms with Crippen LogP contribution in [0.25, 0.3) is 5.76 Å². The number of aliphatic hydroxyl groups is 1. The van der Waals surface area contributed by atoms with Crippen molar-refractivity contribution in [3.8, 4) is 17.2 Å². The van der Waals surface area contributed by atoms with Gasteiger partial charge in [0.25, 0.3) is 11.7 Å². The standard InChI is InChI=1S/C31H33NO6/c1-5-36-24-14-10-21(11-15-24)28-27(29(33)22-12-16-25(17-13-22)38-19-20(3)4)30(34)31(35)32(28)23-8-7-9-26(18-23)37-6-2/h7-18,20,28,33H,5-6,19H2,1-4H3/b29-27+. The van der Waals surface area contributed by atoms with Gasteiger partial charge in [0.15, 0.2) is 0 Å². The second kappa shape index (κ2) is 11.9. The molecule has 0 saturated carbocycles. The van der Waals surface area contributed by atoms with Gasteiger partial charge in [0.2, 0.25) is 0 Å². The van der Waals surface area contributed by atoms with Crippen molar-refractivity contribution in [1.82, 2.24) is 0 Å². The fourth-order valence-corrected chi connectivity index (χ4v) is 4.34. The quantitative estimate of drug-likeness (QED) is 0.198. The van der Waals surface area contributed by atoms with Gasteiger partial charge in [-0.2, -0.15) is 0 Å². The Kier molecular flexibility index (Phi) is 8.36. The van der Waals surface area contributed by atoms with Crippen LogP contribution in [0.4, 0.5) is 5.69 Å². The van der Waals surface area contributed by atoms with Crippen LogP contribution in [0.1, 0.15) is 44.9 Å². The molecule has 4 rings (SSSR count). The average Bonchev–Trinajstić information content (AvgIpc) is 3.18. The summed E-state index contributed by atoms with van der Waals surface area (Å²) in [4.78, 5) is 28.3. The van der Waals surface area contributed by atoms with E-state index in [0.29, 0.717) is 59.8 Å². The van der Waals surface area contributed by atoms with E-state index in [4.69, 9.17) is 14.2 Å². The molecule has 0 spiro atoms. The van der Waals surface area contributed by atoms with Gasteiger partial charge in [0.1, 0.15) is 23.0 Å². The van der Waals surface area contributed by atoms with Crippen LogP contribution in [0.5, 0.6) is 17.2 Å². The SMILES string of the molecule is CCOc1ccc(C2/C(=C(\O)c3ccc(OCC(C)C)cc3)C(=O)C(=O)N2c2cccc(OCC)c2)cc1. The number of carbonyl (C=O) groups excluding carboxylic acids is 2. The highest BCUT2D eigenvalue weighted by Gasteiger charge is 2.47. The lowest BCUT2D eigenvalue weighted by molar-refractivity contribution is -0.132. The van der Waals surface area contributed by atoms with E-state index in [2.05, 4.69) is 13.8 Å². The maximum atomic E-state index is 13.4. The van der Waals surface area contributed by atoms with Gasteiger partial charge < -0.3 is 19.3 Å². The molecule has 7 heteroatoms. The van der Waals surface area contributed by atoms with Crippen LogP contribution in [0.15, 0.2) is 78.4 Å². The van der Waals surface area contributed by atoms with Crippen molar-refractivity contribution in [2.75, 3.05) is 24.7 Å². The third-order valence-electron chi connectivity index (χ3n) is 6.07. The number of nitrogens with zero attached hydrogens (tertiary/aromatic N) is 1. The highest BCUT2D eigenvalue weighted by molar-refractivity contribution is 6.51. The van der Waals surface area contributed by atoms with Crippen molar-refractivity contribution in [2.45, 2.75) is 33.7 Å². The summed E-state index contributed by atoms with van der Waals surface area (Å²) >= 11 is 0. The summed E-state index contributed by atoms with van der Waals surface area (Å²) in [6.07, 6.45) is 0. The number of ketones is 1. The molecule has 1 saturated heterocycles.